The Morgan fingerprint density at radius 1 is 1.10 bits per heavy atom. The Morgan fingerprint density at radius 2 is 1.75 bits per heavy atom. The van der Waals surface area contributed by atoms with Gasteiger partial charge in [-0.25, -0.2) is 0 Å². The largest absolute Gasteiger partial charge is 0.481 e. The van der Waals surface area contributed by atoms with Crippen molar-refractivity contribution in [2.24, 2.45) is 5.92 Å². The summed E-state index contributed by atoms with van der Waals surface area (Å²) in [5.41, 5.74) is 0. The van der Waals surface area contributed by atoms with E-state index in [0.29, 0.717) is 12.6 Å². The highest BCUT2D eigenvalue weighted by Gasteiger charge is 2.22. The average molecular weight is 305 g/mol. The van der Waals surface area contributed by atoms with Crippen molar-refractivity contribution >= 4 is 18.4 Å². The first-order valence-corrected chi connectivity index (χ1v) is 7.91. The second-order valence-electron chi connectivity index (χ2n) is 6.18. The van der Waals surface area contributed by atoms with Crippen LogP contribution in [-0.4, -0.2) is 48.2 Å². The van der Waals surface area contributed by atoms with E-state index in [2.05, 4.69) is 10.2 Å². The quantitative estimate of drug-likeness (QED) is 0.792. The van der Waals surface area contributed by atoms with Crippen molar-refractivity contribution in [3.63, 3.8) is 0 Å². The van der Waals surface area contributed by atoms with Gasteiger partial charge in [-0.3, -0.25) is 4.79 Å². The Bertz CT molecular complexity index is 275. The molecule has 0 amide bonds. The number of piperidine rings is 1. The minimum Gasteiger partial charge on any atom is -0.481 e. The van der Waals surface area contributed by atoms with Gasteiger partial charge in [0.1, 0.15) is 0 Å². The van der Waals surface area contributed by atoms with Gasteiger partial charge in [-0.2, -0.15) is 0 Å². The molecule has 1 saturated heterocycles. The molecule has 2 N–H and O–H groups in total. The molecule has 0 aromatic carbocycles. The van der Waals surface area contributed by atoms with Gasteiger partial charge in [0.25, 0.3) is 0 Å². The molecule has 0 radical (unpaired) electrons. The standard InChI is InChI=1S/C15H28N2O2.ClH/c18-15(19)6-9-16-14-7-10-17(11-8-14)12-13-4-2-1-3-5-13;/h13-14,16H,1-12H2,(H,18,19);1H. The van der Waals surface area contributed by atoms with Gasteiger partial charge in [-0.15, -0.1) is 12.4 Å². The van der Waals surface area contributed by atoms with Crippen molar-refractivity contribution in [1.82, 2.24) is 10.2 Å². The lowest BCUT2D eigenvalue weighted by Gasteiger charge is -2.35. The second kappa shape index (κ2) is 9.59. The number of nitrogens with zero attached hydrogens (tertiary/aromatic N) is 1. The van der Waals surface area contributed by atoms with Gasteiger partial charge < -0.3 is 15.3 Å². The molecule has 2 fully saturated rings. The van der Waals surface area contributed by atoms with Crippen molar-refractivity contribution < 1.29 is 9.90 Å². The molecule has 1 heterocycles. The maximum atomic E-state index is 10.5. The molecule has 0 aromatic rings. The van der Waals surface area contributed by atoms with Crippen molar-refractivity contribution in [2.45, 2.75) is 57.4 Å². The lowest BCUT2D eigenvalue weighted by atomic mass is 9.88. The Balaban J connectivity index is 0.00000200. The van der Waals surface area contributed by atoms with E-state index in [9.17, 15) is 4.79 Å². The zero-order valence-electron chi connectivity index (χ0n) is 12.4. The van der Waals surface area contributed by atoms with Gasteiger partial charge in [0.15, 0.2) is 0 Å². The lowest BCUT2D eigenvalue weighted by molar-refractivity contribution is -0.136. The van der Waals surface area contributed by atoms with Gasteiger partial charge in [-0.1, -0.05) is 19.3 Å². The van der Waals surface area contributed by atoms with Crippen LogP contribution in [0.1, 0.15) is 51.4 Å². The third-order valence-electron chi connectivity index (χ3n) is 4.60. The normalized spacial score (nSPS) is 22.4. The molecule has 20 heavy (non-hydrogen) atoms. The summed E-state index contributed by atoms with van der Waals surface area (Å²) in [5.74, 6) is 0.229. The van der Waals surface area contributed by atoms with E-state index in [-0.39, 0.29) is 18.8 Å². The summed E-state index contributed by atoms with van der Waals surface area (Å²) in [4.78, 5) is 13.1. The molecule has 0 atom stereocenters. The lowest BCUT2D eigenvalue weighted by Crippen LogP contribution is -2.44. The smallest absolute Gasteiger partial charge is 0.304 e. The predicted molar refractivity (Wildman–Crippen MR) is 83.5 cm³/mol. The van der Waals surface area contributed by atoms with E-state index in [1.807, 2.05) is 0 Å². The SMILES string of the molecule is Cl.O=C(O)CCNC1CCN(CC2CCCCC2)CC1. The summed E-state index contributed by atoms with van der Waals surface area (Å²) in [6.07, 6.45) is 9.73. The molecule has 0 spiro atoms. The molecule has 1 aliphatic carbocycles. The van der Waals surface area contributed by atoms with Crippen molar-refractivity contribution in [3.05, 3.63) is 0 Å². The fourth-order valence-corrected chi connectivity index (χ4v) is 3.44. The van der Waals surface area contributed by atoms with E-state index >= 15 is 0 Å². The van der Waals surface area contributed by atoms with Crippen LogP contribution >= 0.6 is 12.4 Å². The van der Waals surface area contributed by atoms with Crippen LogP contribution in [0.15, 0.2) is 0 Å². The topological polar surface area (TPSA) is 52.6 Å². The predicted octanol–water partition coefficient (Wildman–Crippen LogP) is 2.52. The number of likely N-dealkylation sites (tertiary alicyclic amines) is 1. The maximum absolute atomic E-state index is 10.5. The summed E-state index contributed by atoms with van der Waals surface area (Å²) >= 11 is 0. The summed E-state index contributed by atoms with van der Waals surface area (Å²) in [6.45, 7) is 4.27. The van der Waals surface area contributed by atoms with Crippen LogP contribution in [-0.2, 0) is 4.79 Å². The zero-order valence-corrected chi connectivity index (χ0v) is 13.2. The Kier molecular flexibility index (Phi) is 8.50. The molecule has 1 saturated carbocycles. The number of halogens is 1. The first-order chi connectivity index (χ1) is 9.24. The number of carbonyl (C=O) groups is 1. The number of carboxylic acid groups (broad SMARTS) is 1. The van der Waals surface area contributed by atoms with Crippen LogP contribution in [0.2, 0.25) is 0 Å². The van der Waals surface area contributed by atoms with Crippen LogP contribution in [0.5, 0.6) is 0 Å². The zero-order chi connectivity index (χ0) is 13.5. The second-order valence-corrected chi connectivity index (χ2v) is 6.18. The molecule has 2 aliphatic rings. The number of nitrogens with one attached hydrogen (secondary N) is 1. The molecular weight excluding hydrogens is 276 g/mol. The monoisotopic (exact) mass is 304 g/mol. The van der Waals surface area contributed by atoms with Gasteiger partial charge in [0.05, 0.1) is 6.42 Å². The highest BCUT2D eigenvalue weighted by molar-refractivity contribution is 5.85. The van der Waals surface area contributed by atoms with E-state index in [0.717, 1.165) is 5.92 Å². The van der Waals surface area contributed by atoms with E-state index < -0.39 is 5.97 Å². The first kappa shape index (κ1) is 17.7. The summed E-state index contributed by atoms with van der Waals surface area (Å²) < 4.78 is 0. The molecule has 0 bridgehead atoms. The summed E-state index contributed by atoms with van der Waals surface area (Å²) in [7, 11) is 0. The number of carboxylic acids is 1. The fourth-order valence-electron chi connectivity index (χ4n) is 3.44. The van der Waals surface area contributed by atoms with Crippen molar-refractivity contribution in [1.29, 1.82) is 0 Å². The average Bonchev–Trinajstić information content (AvgIpc) is 2.42. The van der Waals surface area contributed by atoms with Crippen molar-refractivity contribution in [3.8, 4) is 0 Å². The Hall–Kier alpha value is -0.320. The first-order valence-electron chi connectivity index (χ1n) is 7.91. The minimum atomic E-state index is -0.706. The highest BCUT2D eigenvalue weighted by atomic mass is 35.5. The fraction of sp³-hybridized carbons (Fsp3) is 0.933. The van der Waals surface area contributed by atoms with Crippen molar-refractivity contribution in [2.75, 3.05) is 26.2 Å². The number of hydrogen-bond acceptors (Lipinski definition) is 3. The highest BCUT2D eigenvalue weighted by Crippen LogP contribution is 2.25. The molecule has 0 aromatic heterocycles. The van der Waals surface area contributed by atoms with Crippen LogP contribution in [0, 0.1) is 5.92 Å². The Morgan fingerprint density at radius 3 is 2.35 bits per heavy atom. The van der Waals surface area contributed by atoms with Crippen LogP contribution in [0.4, 0.5) is 0 Å². The third-order valence-corrected chi connectivity index (χ3v) is 4.60. The molecule has 5 heteroatoms. The van der Waals surface area contributed by atoms with Crippen LogP contribution in [0.25, 0.3) is 0 Å². The van der Waals surface area contributed by atoms with E-state index in [1.54, 1.807) is 0 Å². The van der Waals surface area contributed by atoms with Crippen LogP contribution < -0.4 is 5.32 Å². The molecular formula is C15H29ClN2O2. The van der Waals surface area contributed by atoms with Gasteiger partial charge in [0, 0.05) is 19.1 Å². The minimum absolute atomic E-state index is 0. The Labute approximate surface area is 128 Å². The van der Waals surface area contributed by atoms with Gasteiger partial charge in [-0.05, 0) is 44.7 Å². The molecule has 2 rings (SSSR count). The summed E-state index contributed by atoms with van der Waals surface area (Å²) in [6, 6.07) is 0.530. The van der Waals surface area contributed by atoms with Gasteiger partial charge >= 0.3 is 5.97 Å². The third kappa shape index (κ3) is 6.42. The number of aliphatic carboxylic acids is 1. The molecule has 0 unspecified atom stereocenters. The van der Waals surface area contributed by atoms with Gasteiger partial charge in [0.2, 0.25) is 0 Å². The molecule has 1 aliphatic heterocycles. The maximum Gasteiger partial charge on any atom is 0.304 e. The number of rotatable bonds is 6. The summed E-state index contributed by atoms with van der Waals surface area (Å²) in [5, 5.41) is 12.0. The molecule has 4 nitrogen and oxygen atoms in total. The number of hydrogen-bond donors (Lipinski definition) is 2. The molecule has 118 valence electrons. The van der Waals surface area contributed by atoms with E-state index in [1.165, 1.54) is 64.6 Å². The van der Waals surface area contributed by atoms with Crippen LogP contribution in [0.3, 0.4) is 0 Å². The van der Waals surface area contributed by atoms with E-state index in [4.69, 9.17) is 5.11 Å².